The quantitative estimate of drug-likeness (QED) is 0.835. The molecule has 0 fully saturated rings. The van der Waals surface area contributed by atoms with Crippen LogP contribution in [0.1, 0.15) is 0 Å². The summed E-state index contributed by atoms with van der Waals surface area (Å²) in [5, 5.41) is 0. The van der Waals surface area contributed by atoms with E-state index in [1.807, 2.05) is 31.1 Å². The molecule has 1 rings (SSSR count). The van der Waals surface area contributed by atoms with Crippen LogP contribution in [-0.4, -0.2) is 62.1 Å². The van der Waals surface area contributed by atoms with E-state index in [0.717, 1.165) is 12.2 Å². The zero-order chi connectivity index (χ0) is 12.8. The lowest BCUT2D eigenvalue weighted by atomic mass is 10.3. The number of rotatable bonds is 4. The van der Waals surface area contributed by atoms with Crippen LogP contribution in [0, 0.1) is 0 Å². The SMILES string of the molecule is CN(C)CCN(C(=O)N(C)C)c1cccnc1.Cl. The van der Waals surface area contributed by atoms with Gasteiger partial charge in [0.25, 0.3) is 0 Å². The third-order valence-corrected chi connectivity index (χ3v) is 2.34. The number of amides is 2. The molecule has 1 heterocycles. The average Bonchev–Trinajstić information content (AvgIpc) is 2.30. The normalized spacial score (nSPS) is 9.83. The molecule has 0 atom stereocenters. The minimum atomic E-state index is -0.0279. The van der Waals surface area contributed by atoms with Crippen LogP contribution in [0.25, 0.3) is 0 Å². The predicted molar refractivity (Wildman–Crippen MR) is 76.5 cm³/mol. The topological polar surface area (TPSA) is 39.7 Å². The Labute approximate surface area is 115 Å². The van der Waals surface area contributed by atoms with E-state index in [1.54, 1.807) is 36.3 Å². The lowest BCUT2D eigenvalue weighted by molar-refractivity contribution is 0.223. The van der Waals surface area contributed by atoms with Crippen LogP contribution in [0.5, 0.6) is 0 Å². The highest BCUT2D eigenvalue weighted by molar-refractivity contribution is 5.91. The number of halogens is 1. The molecular weight excluding hydrogens is 252 g/mol. The van der Waals surface area contributed by atoms with Crippen molar-refractivity contribution >= 4 is 24.1 Å². The van der Waals surface area contributed by atoms with E-state index in [9.17, 15) is 4.79 Å². The fourth-order valence-corrected chi connectivity index (χ4v) is 1.39. The molecule has 0 saturated carbocycles. The van der Waals surface area contributed by atoms with Gasteiger partial charge in [0.1, 0.15) is 0 Å². The number of hydrogen-bond donors (Lipinski definition) is 0. The number of carbonyl (C=O) groups is 1. The Morgan fingerprint density at radius 2 is 1.89 bits per heavy atom. The van der Waals surface area contributed by atoms with E-state index in [4.69, 9.17) is 0 Å². The molecule has 1 aromatic rings. The van der Waals surface area contributed by atoms with Crippen LogP contribution in [0.4, 0.5) is 10.5 Å². The van der Waals surface area contributed by atoms with Gasteiger partial charge in [0, 0.05) is 33.4 Å². The Kier molecular flexibility index (Phi) is 7.31. The first kappa shape index (κ1) is 16.7. The minimum absolute atomic E-state index is 0. The van der Waals surface area contributed by atoms with Crippen molar-refractivity contribution in [3.63, 3.8) is 0 Å². The molecule has 0 unspecified atom stereocenters. The Morgan fingerprint density at radius 3 is 2.33 bits per heavy atom. The van der Waals surface area contributed by atoms with Crippen molar-refractivity contribution in [2.75, 3.05) is 46.2 Å². The van der Waals surface area contributed by atoms with Crippen molar-refractivity contribution in [2.24, 2.45) is 0 Å². The van der Waals surface area contributed by atoms with Gasteiger partial charge in [-0.25, -0.2) is 4.79 Å². The van der Waals surface area contributed by atoms with E-state index >= 15 is 0 Å². The highest BCUT2D eigenvalue weighted by atomic mass is 35.5. The number of anilines is 1. The lowest BCUT2D eigenvalue weighted by Crippen LogP contribution is -2.42. The Bertz CT molecular complexity index is 356. The van der Waals surface area contributed by atoms with Crippen molar-refractivity contribution in [1.82, 2.24) is 14.8 Å². The molecule has 0 aliphatic rings. The van der Waals surface area contributed by atoms with Gasteiger partial charge >= 0.3 is 6.03 Å². The zero-order valence-corrected chi connectivity index (χ0v) is 12.1. The highest BCUT2D eigenvalue weighted by Gasteiger charge is 2.17. The number of likely N-dealkylation sites (N-methyl/N-ethyl adjacent to an activating group) is 1. The van der Waals surface area contributed by atoms with Gasteiger partial charge in [0.05, 0.1) is 11.9 Å². The molecular formula is C12H21ClN4O. The van der Waals surface area contributed by atoms with Gasteiger partial charge in [0.2, 0.25) is 0 Å². The van der Waals surface area contributed by atoms with Crippen molar-refractivity contribution < 1.29 is 4.79 Å². The first-order chi connectivity index (χ1) is 8.02. The first-order valence-electron chi connectivity index (χ1n) is 5.56. The number of urea groups is 1. The Morgan fingerprint density at radius 1 is 1.22 bits per heavy atom. The third-order valence-electron chi connectivity index (χ3n) is 2.34. The second-order valence-electron chi connectivity index (χ2n) is 4.34. The predicted octanol–water partition coefficient (Wildman–Crippen LogP) is 1.55. The summed E-state index contributed by atoms with van der Waals surface area (Å²) in [6.07, 6.45) is 3.41. The molecule has 0 N–H and O–H groups in total. The summed E-state index contributed by atoms with van der Waals surface area (Å²) < 4.78 is 0. The van der Waals surface area contributed by atoms with Crippen molar-refractivity contribution in [1.29, 1.82) is 0 Å². The summed E-state index contributed by atoms with van der Waals surface area (Å²) in [5.74, 6) is 0. The number of hydrogen-bond acceptors (Lipinski definition) is 3. The summed E-state index contributed by atoms with van der Waals surface area (Å²) in [7, 11) is 7.48. The molecule has 6 heteroatoms. The molecule has 5 nitrogen and oxygen atoms in total. The number of pyridine rings is 1. The van der Waals surface area contributed by atoms with Gasteiger partial charge in [-0.15, -0.1) is 12.4 Å². The van der Waals surface area contributed by atoms with Crippen molar-refractivity contribution in [3.05, 3.63) is 24.5 Å². The molecule has 18 heavy (non-hydrogen) atoms. The maximum atomic E-state index is 12.1. The molecule has 0 radical (unpaired) electrons. The summed E-state index contributed by atoms with van der Waals surface area (Å²) >= 11 is 0. The standard InChI is InChI=1S/C12H20N4O.ClH/c1-14(2)8-9-16(12(17)15(3)4)11-6-5-7-13-10-11;/h5-7,10H,8-9H2,1-4H3;1H. The van der Waals surface area contributed by atoms with Gasteiger partial charge in [-0.3, -0.25) is 9.88 Å². The van der Waals surface area contributed by atoms with Crippen LogP contribution < -0.4 is 4.90 Å². The molecule has 102 valence electrons. The Balaban J connectivity index is 0.00000289. The number of aromatic nitrogens is 1. The first-order valence-corrected chi connectivity index (χ1v) is 5.56. The van der Waals surface area contributed by atoms with Crippen LogP contribution in [0.3, 0.4) is 0 Å². The molecule has 2 amide bonds. The average molecular weight is 273 g/mol. The van der Waals surface area contributed by atoms with E-state index in [1.165, 1.54) is 0 Å². The van der Waals surface area contributed by atoms with Crippen molar-refractivity contribution in [2.45, 2.75) is 0 Å². The zero-order valence-electron chi connectivity index (χ0n) is 11.3. The van der Waals surface area contributed by atoms with E-state index in [0.29, 0.717) is 6.54 Å². The molecule has 0 aliphatic carbocycles. The third kappa shape index (κ3) is 4.89. The Hall–Kier alpha value is -1.33. The van der Waals surface area contributed by atoms with E-state index in [2.05, 4.69) is 4.98 Å². The van der Waals surface area contributed by atoms with E-state index in [-0.39, 0.29) is 18.4 Å². The van der Waals surface area contributed by atoms with Crippen LogP contribution in [-0.2, 0) is 0 Å². The summed E-state index contributed by atoms with van der Waals surface area (Å²) in [5.41, 5.74) is 0.827. The monoisotopic (exact) mass is 272 g/mol. The highest BCUT2D eigenvalue weighted by Crippen LogP contribution is 2.13. The largest absolute Gasteiger partial charge is 0.330 e. The van der Waals surface area contributed by atoms with Gasteiger partial charge in [-0.1, -0.05) is 0 Å². The summed E-state index contributed by atoms with van der Waals surface area (Å²) in [6.45, 7) is 1.46. The molecule has 0 aliphatic heterocycles. The number of carbonyl (C=O) groups excluding carboxylic acids is 1. The molecule has 0 saturated heterocycles. The van der Waals surface area contributed by atoms with Gasteiger partial charge in [-0.05, 0) is 26.2 Å². The fourth-order valence-electron chi connectivity index (χ4n) is 1.39. The minimum Gasteiger partial charge on any atom is -0.330 e. The second kappa shape index (κ2) is 7.89. The smallest absolute Gasteiger partial charge is 0.324 e. The van der Waals surface area contributed by atoms with Crippen LogP contribution in [0.15, 0.2) is 24.5 Å². The van der Waals surface area contributed by atoms with Crippen LogP contribution >= 0.6 is 12.4 Å². The lowest BCUT2D eigenvalue weighted by Gasteiger charge is -2.27. The van der Waals surface area contributed by atoms with Gasteiger partial charge in [-0.2, -0.15) is 0 Å². The second-order valence-corrected chi connectivity index (χ2v) is 4.34. The maximum Gasteiger partial charge on any atom is 0.324 e. The number of nitrogens with zero attached hydrogens (tertiary/aromatic N) is 4. The summed E-state index contributed by atoms with van der Waals surface area (Å²) in [4.78, 5) is 21.5. The van der Waals surface area contributed by atoms with Gasteiger partial charge in [0.15, 0.2) is 0 Å². The van der Waals surface area contributed by atoms with Crippen molar-refractivity contribution in [3.8, 4) is 0 Å². The van der Waals surface area contributed by atoms with E-state index < -0.39 is 0 Å². The molecule has 0 spiro atoms. The van der Waals surface area contributed by atoms with Gasteiger partial charge < -0.3 is 9.80 Å². The van der Waals surface area contributed by atoms with Crippen LogP contribution in [0.2, 0.25) is 0 Å². The fraction of sp³-hybridized carbons (Fsp3) is 0.500. The molecule has 1 aromatic heterocycles. The molecule has 0 bridgehead atoms. The maximum absolute atomic E-state index is 12.1. The summed E-state index contributed by atoms with van der Waals surface area (Å²) in [6, 6.07) is 3.70. The molecule has 0 aromatic carbocycles.